The van der Waals surface area contributed by atoms with Gasteiger partial charge >= 0.3 is 0 Å². The van der Waals surface area contributed by atoms with Gasteiger partial charge in [0.05, 0.1) is 0 Å². The smallest absolute Gasteiger partial charge is 0.0207 e. The van der Waals surface area contributed by atoms with Crippen molar-refractivity contribution in [3.05, 3.63) is 0 Å². The molecule has 80 valence electrons. The molecule has 2 nitrogen and oxygen atoms in total. The molecule has 0 aliphatic carbocycles. The van der Waals surface area contributed by atoms with Crippen molar-refractivity contribution in [2.75, 3.05) is 26.2 Å². The Morgan fingerprint density at radius 1 is 1.23 bits per heavy atom. The summed E-state index contributed by atoms with van der Waals surface area (Å²) < 4.78 is 0. The van der Waals surface area contributed by atoms with Gasteiger partial charge < -0.3 is 10.2 Å². The highest BCUT2D eigenvalue weighted by atomic mass is 15.2. The van der Waals surface area contributed by atoms with Crippen LogP contribution in [0.1, 0.15) is 40.5 Å². The molecular formula is C11H26N2. The van der Waals surface area contributed by atoms with Gasteiger partial charge in [0.25, 0.3) is 0 Å². The summed E-state index contributed by atoms with van der Waals surface area (Å²) >= 11 is 0. The first-order valence-electron chi connectivity index (χ1n) is 5.74. The molecule has 0 aromatic heterocycles. The molecule has 1 N–H and O–H groups in total. The molecule has 13 heavy (non-hydrogen) atoms. The summed E-state index contributed by atoms with van der Waals surface area (Å²) in [6.07, 6.45) is 2.58. The summed E-state index contributed by atoms with van der Waals surface area (Å²) in [6, 6.07) is 0.768. The fourth-order valence-electron chi connectivity index (χ4n) is 1.58. The molecule has 0 saturated carbocycles. The fourth-order valence-corrected chi connectivity index (χ4v) is 1.58. The van der Waals surface area contributed by atoms with Crippen molar-refractivity contribution in [3.8, 4) is 0 Å². The van der Waals surface area contributed by atoms with Crippen LogP contribution >= 0.6 is 0 Å². The van der Waals surface area contributed by atoms with Crippen molar-refractivity contribution in [2.24, 2.45) is 0 Å². The lowest BCUT2D eigenvalue weighted by Gasteiger charge is -2.12. The van der Waals surface area contributed by atoms with Crippen LogP contribution in [0, 0.1) is 0 Å². The fraction of sp³-hybridized carbons (Fsp3) is 1.00. The molecule has 1 aliphatic heterocycles. The Morgan fingerprint density at radius 3 is 2.23 bits per heavy atom. The highest BCUT2D eigenvalue weighted by molar-refractivity contribution is 4.79. The average molecular weight is 186 g/mol. The van der Waals surface area contributed by atoms with Crippen LogP contribution in [0.3, 0.4) is 0 Å². The van der Waals surface area contributed by atoms with Crippen LogP contribution in [0.25, 0.3) is 0 Å². The van der Waals surface area contributed by atoms with Crippen LogP contribution in [0.4, 0.5) is 0 Å². The van der Waals surface area contributed by atoms with Gasteiger partial charge in [-0.05, 0) is 26.1 Å². The summed E-state index contributed by atoms with van der Waals surface area (Å²) in [7, 11) is 0. The second-order valence-corrected chi connectivity index (χ2v) is 3.64. The Kier molecular flexibility index (Phi) is 8.46. The normalized spacial score (nSPS) is 22.6. The van der Waals surface area contributed by atoms with E-state index in [1.807, 2.05) is 0 Å². The first-order valence-corrected chi connectivity index (χ1v) is 5.74. The van der Waals surface area contributed by atoms with E-state index in [0.29, 0.717) is 0 Å². The Labute approximate surface area is 83.7 Å². The van der Waals surface area contributed by atoms with Gasteiger partial charge in [-0.25, -0.2) is 0 Å². The third kappa shape index (κ3) is 6.05. The molecule has 1 unspecified atom stereocenters. The number of likely N-dealkylation sites (tertiary alicyclic amines) is 1. The SMILES string of the molecule is CCC.CCNC1CCN(CC)C1. The summed E-state index contributed by atoms with van der Waals surface area (Å²) in [5, 5.41) is 3.47. The molecule has 0 bridgehead atoms. The molecular weight excluding hydrogens is 160 g/mol. The largest absolute Gasteiger partial charge is 0.313 e. The van der Waals surface area contributed by atoms with Crippen LogP contribution in [-0.2, 0) is 0 Å². The Bertz CT molecular complexity index is 104. The van der Waals surface area contributed by atoms with E-state index in [4.69, 9.17) is 0 Å². The lowest BCUT2D eigenvalue weighted by atomic mass is 10.3. The van der Waals surface area contributed by atoms with Crippen molar-refractivity contribution in [1.29, 1.82) is 0 Å². The van der Waals surface area contributed by atoms with E-state index in [1.54, 1.807) is 0 Å². The van der Waals surface area contributed by atoms with Crippen LogP contribution in [-0.4, -0.2) is 37.1 Å². The van der Waals surface area contributed by atoms with Crippen molar-refractivity contribution in [1.82, 2.24) is 10.2 Å². The van der Waals surface area contributed by atoms with E-state index in [-0.39, 0.29) is 0 Å². The number of likely N-dealkylation sites (N-methyl/N-ethyl adjacent to an activating group) is 2. The third-order valence-corrected chi connectivity index (χ3v) is 2.21. The number of nitrogens with zero attached hydrogens (tertiary/aromatic N) is 1. The van der Waals surface area contributed by atoms with Gasteiger partial charge in [-0.3, -0.25) is 0 Å². The summed E-state index contributed by atoms with van der Waals surface area (Å²) in [4.78, 5) is 2.49. The molecule has 0 amide bonds. The van der Waals surface area contributed by atoms with Crippen LogP contribution in [0.15, 0.2) is 0 Å². The molecule has 1 atom stereocenters. The zero-order valence-electron chi connectivity index (χ0n) is 9.77. The van der Waals surface area contributed by atoms with Crippen molar-refractivity contribution in [3.63, 3.8) is 0 Å². The molecule has 0 aromatic carbocycles. The average Bonchev–Trinajstić information content (AvgIpc) is 2.54. The molecule has 0 radical (unpaired) electrons. The van der Waals surface area contributed by atoms with Gasteiger partial charge in [-0.15, -0.1) is 0 Å². The maximum atomic E-state index is 3.47. The molecule has 1 heterocycles. The van der Waals surface area contributed by atoms with Crippen molar-refractivity contribution >= 4 is 0 Å². The second kappa shape index (κ2) is 8.52. The van der Waals surface area contributed by atoms with Crippen LogP contribution in [0.5, 0.6) is 0 Å². The minimum Gasteiger partial charge on any atom is -0.313 e. The Balaban J connectivity index is 0.000000424. The minimum absolute atomic E-state index is 0.768. The third-order valence-electron chi connectivity index (χ3n) is 2.21. The van der Waals surface area contributed by atoms with E-state index in [9.17, 15) is 0 Å². The van der Waals surface area contributed by atoms with Crippen molar-refractivity contribution in [2.45, 2.75) is 46.6 Å². The highest BCUT2D eigenvalue weighted by Crippen LogP contribution is 2.07. The number of rotatable bonds is 3. The first kappa shape index (κ1) is 12.9. The highest BCUT2D eigenvalue weighted by Gasteiger charge is 2.19. The lowest BCUT2D eigenvalue weighted by molar-refractivity contribution is 0.346. The van der Waals surface area contributed by atoms with Crippen LogP contribution in [0.2, 0.25) is 0 Å². The maximum absolute atomic E-state index is 3.47. The summed E-state index contributed by atoms with van der Waals surface area (Å²) in [5.41, 5.74) is 0. The van der Waals surface area contributed by atoms with Gasteiger partial charge in [-0.2, -0.15) is 0 Å². The molecule has 1 fully saturated rings. The van der Waals surface area contributed by atoms with E-state index >= 15 is 0 Å². The second-order valence-electron chi connectivity index (χ2n) is 3.64. The molecule has 1 saturated heterocycles. The predicted molar refractivity (Wildman–Crippen MR) is 60.2 cm³/mol. The summed E-state index contributed by atoms with van der Waals surface area (Å²) in [6.45, 7) is 13.5. The van der Waals surface area contributed by atoms with Gasteiger partial charge in [-0.1, -0.05) is 34.1 Å². The topological polar surface area (TPSA) is 15.3 Å². The zero-order valence-corrected chi connectivity index (χ0v) is 9.77. The van der Waals surface area contributed by atoms with Gasteiger partial charge in [0.1, 0.15) is 0 Å². The van der Waals surface area contributed by atoms with Gasteiger partial charge in [0, 0.05) is 12.6 Å². The molecule has 0 aromatic rings. The molecule has 0 spiro atoms. The van der Waals surface area contributed by atoms with E-state index < -0.39 is 0 Å². The van der Waals surface area contributed by atoms with Crippen LogP contribution < -0.4 is 5.32 Å². The Morgan fingerprint density at radius 2 is 1.85 bits per heavy atom. The summed E-state index contributed by atoms with van der Waals surface area (Å²) in [5.74, 6) is 0. The maximum Gasteiger partial charge on any atom is 0.0207 e. The monoisotopic (exact) mass is 186 g/mol. The predicted octanol–water partition coefficient (Wildman–Crippen LogP) is 2.11. The minimum atomic E-state index is 0.768. The van der Waals surface area contributed by atoms with Gasteiger partial charge in [0.2, 0.25) is 0 Å². The molecule has 2 heteroatoms. The molecule has 1 rings (SSSR count). The van der Waals surface area contributed by atoms with E-state index in [0.717, 1.165) is 12.6 Å². The number of hydrogen-bond donors (Lipinski definition) is 1. The quantitative estimate of drug-likeness (QED) is 0.726. The lowest BCUT2D eigenvalue weighted by Crippen LogP contribution is -2.32. The van der Waals surface area contributed by atoms with E-state index in [1.165, 1.54) is 32.5 Å². The first-order chi connectivity index (χ1) is 6.28. The van der Waals surface area contributed by atoms with Crippen molar-refractivity contribution < 1.29 is 0 Å². The van der Waals surface area contributed by atoms with Gasteiger partial charge in [0.15, 0.2) is 0 Å². The molecule has 1 aliphatic rings. The van der Waals surface area contributed by atoms with E-state index in [2.05, 4.69) is 37.9 Å². The number of hydrogen-bond acceptors (Lipinski definition) is 2. The standard InChI is InChI=1S/C8H18N2.C3H8/c1-3-9-8-5-6-10(4-2)7-8;1-3-2/h8-9H,3-7H2,1-2H3;3H2,1-2H3. The zero-order chi connectivity index (χ0) is 10.1. The number of nitrogens with one attached hydrogen (secondary N) is 1. The Hall–Kier alpha value is -0.0800.